The summed E-state index contributed by atoms with van der Waals surface area (Å²) in [7, 11) is 3.15. The number of ether oxygens (including phenoxy) is 2. The Morgan fingerprint density at radius 2 is 1.79 bits per heavy atom. The van der Waals surface area contributed by atoms with Crippen molar-refractivity contribution in [3.8, 4) is 28.7 Å². The van der Waals surface area contributed by atoms with Gasteiger partial charge >= 0.3 is 0 Å². The fourth-order valence-corrected chi connectivity index (χ4v) is 2.71. The van der Waals surface area contributed by atoms with E-state index < -0.39 is 0 Å². The highest BCUT2D eigenvalue weighted by molar-refractivity contribution is 5.85. The first-order valence-electron chi connectivity index (χ1n) is 7.64. The van der Waals surface area contributed by atoms with Gasteiger partial charge in [-0.25, -0.2) is 4.39 Å². The second-order valence-corrected chi connectivity index (χ2v) is 5.61. The molecule has 4 heteroatoms. The smallest absolute Gasteiger partial charge is 0.169 e. The van der Waals surface area contributed by atoms with Gasteiger partial charge in [-0.15, -0.1) is 0 Å². The highest BCUT2D eigenvalue weighted by Crippen LogP contribution is 2.45. The second kappa shape index (κ2) is 7.65. The Morgan fingerprint density at radius 1 is 1.12 bits per heavy atom. The van der Waals surface area contributed by atoms with Crippen LogP contribution in [0.3, 0.4) is 0 Å². The normalized spacial score (nSPS) is 10.9. The molecule has 0 spiro atoms. The summed E-state index contributed by atoms with van der Waals surface area (Å²) in [6.45, 7) is 4.14. The molecule has 24 heavy (non-hydrogen) atoms. The van der Waals surface area contributed by atoms with Crippen LogP contribution in [-0.2, 0) is 0 Å². The zero-order valence-electron chi connectivity index (χ0n) is 14.3. The van der Waals surface area contributed by atoms with E-state index in [9.17, 15) is 4.39 Å². The lowest BCUT2D eigenvalue weighted by molar-refractivity contribution is 0.355. The van der Waals surface area contributed by atoms with E-state index in [0.717, 1.165) is 22.3 Å². The second-order valence-electron chi connectivity index (χ2n) is 5.61. The van der Waals surface area contributed by atoms with Gasteiger partial charge in [0.15, 0.2) is 11.5 Å². The lowest BCUT2D eigenvalue weighted by Gasteiger charge is -2.21. The molecule has 0 bridgehead atoms. The Morgan fingerprint density at radius 3 is 2.29 bits per heavy atom. The minimum atomic E-state index is -0.307. The van der Waals surface area contributed by atoms with Crippen LogP contribution in [0.4, 0.5) is 4.39 Å². The van der Waals surface area contributed by atoms with Gasteiger partial charge in [-0.05, 0) is 46.9 Å². The lowest BCUT2D eigenvalue weighted by atomic mass is 9.88. The largest absolute Gasteiger partial charge is 0.493 e. The minimum absolute atomic E-state index is 0.211. The van der Waals surface area contributed by atoms with Gasteiger partial charge in [-0.1, -0.05) is 26.0 Å². The third kappa shape index (κ3) is 3.41. The van der Waals surface area contributed by atoms with Crippen LogP contribution in [0.25, 0.3) is 17.2 Å². The number of benzene rings is 2. The van der Waals surface area contributed by atoms with Gasteiger partial charge in [0.1, 0.15) is 5.82 Å². The molecule has 3 nitrogen and oxygen atoms in total. The molecule has 0 aliphatic rings. The maximum atomic E-state index is 13.3. The molecule has 2 rings (SSSR count). The van der Waals surface area contributed by atoms with E-state index in [4.69, 9.17) is 14.7 Å². The Hall–Kier alpha value is -2.80. The maximum absolute atomic E-state index is 13.3. The van der Waals surface area contributed by atoms with Gasteiger partial charge in [0.05, 0.1) is 20.3 Å². The first kappa shape index (κ1) is 17.6. The van der Waals surface area contributed by atoms with Crippen LogP contribution in [0.2, 0.25) is 0 Å². The predicted octanol–water partition coefficient (Wildman–Crippen LogP) is 5.17. The molecule has 0 aliphatic carbocycles. The van der Waals surface area contributed by atoms with E-state index >= 15 is 0 Å². The van der Waals surface area contributed by atoms with Crippen molar-refractivity contribution in [1.82, 2.24) is 0 Å². The molecular formula is C20H20FNO2. The molecule has 0 heterocycles. The number of hydrogen-bond donors (Lipinski definition) is 0. The monoisotopic (exact) mass is 325 g/mol. The quantitative estimate of drug-likeness (QED) is 0.712. The molecule has 0 saturated heterocycles. The summed E-state index contributed by atoms with van der Waals surface area (Å²) in [6, 6.07) is 10.1. The molecule has 124 valence electrons. The maximum Gasteiger partial charge on any atom is 0.169 e. The number of nitrogens with zero attached hydrogens (tertiary/aromatic N) is 1. The molecule has 0 aliphatic heterocycles. The standard InChI is InChI=1S/C20H20FNO2/c1-13(2)17-12-18(23-3)20(24-4)19(16(17)6-5-11-22)14-7-9-15(21)10-8-14/h5-10,12-13H,1-4H3. The van der Waals surface area contributed by atoms with E-state index in [0.29, 0.717) is 11.5 Å². The van der Waals surface area contributed by atoms with Crippen LogP contribution < -0.4 is 9.47 Å². The van der Waals surface area contributed by atoms with Crippen molar-refractivity contribution >= 4 is 6.08 Å². The highest BCUT2D eigenvalue weighted by atomic mass is 19.1. The van der Waals surface area contributed by atoms with Gasteiger partial charge in [-0.3, -0.25) is 0 Å². The van der Waals surface area contributed by atoms with Crippen molar-refractivity contribution in [3.05, 3.63) is 53.4 Å². The van der Waals surface area contributed by atoms with Crippen LogP contribution in [0.1, 0.15) is 30.9 Å². The van der Waals surface area contributed by atoms with Crippen LogP contribution >= 0.6 is 0 Å². The van der Waals surface area contributed by atoms with Crippen molar-refractivity contribution in [1.29, 1.82) is 5.26 Å². The number of nitriles is 1. The SMILES string of the molecule is COc1cc(C(C)C)c(C=CC#N)c(-c2ccc(F)cc2)c1OC. The topological polar surface area (TPSA) is 42.2 Å². The minimum Gasteiger partial charge on any atom is -0.493 e. The summed E-state index contributed by atoms with van der Waals surface area (Å²) in [4.78, 5) is 0. The third-order valence-electron chi connectivity index (χ3n) is 3.82. The third-order valence-corrected chi connectivity index (χ3v) is 3.82. The number of rotatable bonds is 5. The summed E-state index contributed by atoms with van der Waals surface area (Å²) in [5, 5.41) is 8.94. The lowest BCUT2D eigenvalue weighted by Crippen LogP contribution is -2.01. The van der Waals surface area contributed by atoms with E-state index in [1.54, 1.807) is 32.4 Å². The number of allylic oxidation sites excluding steroid dienone is 1. The molecule has 0 atom stereocenters. The van der Waals surface area contributed by atoms with Crippen molar-refractivity contribution in [2.24, 2.45) is 0 Å². The molecule has 0 radical (unpaired) electrons. The molecule has 2 aromatic rings. The molecular weight excluding hydrogens is 305 g/mol. The number of methoxy groups -OCH3 is 2. The Labute approximate surface area is 142 Å². The molecule has 0 fully saturated rings. The van der Waals surface area contributed by atoms with Crippen LogP contribution in [0.5, 0.6) is 11.5 Å². The summed E-state index contributed by atoms with van der Waals surface area (Å²) in [5.41, 5.74) is 3.48. The summed E-state index contributed by atoms with van der Waals surface area (Å²) in [5.74, 6) is 1.07. The van der Waals surface area contributed by atoms with Gasteiger partial charge in [0.25, 0.3) is 0 Å². The zero-order valence-corrected chi connectivity index (χ0v) is 14.3. The molecule has 0 amide bonds. The Kier molecular flexibility index (Phi) is 5.59. The highest BCUT2D eigenvalue weighted by Gasteiger charge is 2.21. The average molecular weight is 325 g/mol. The van der Waals surface area contributed by atoms with Crippen LogP contribution in [-0.4, -0.2) is 14.2 Å². The molecule has 0 N–H and O–H groups in total. The summed E-state index contributed by atoms with van der Waals surface area (Å²) in [6.07, 6.45) is 3.19. The molecule has 0 unspecified atom stereocenters. The van der Waals surface area contributed by atoms with E-state index in [-0.39, 0.29) is 11.7 Å². The first-order valence-corrected chi connectivity index (χ1v) is 7.64. The Balaban J connectivity index is 2.89. The average Bonchev–Trinajstić information content (AvgIpc) is 2.59. The molecule has 0 saturated carbocycles. The van der Waals surface area contributed by atoms with Crippen molar-refractivity contribution in [2.45, 2.75) is 19.8 Å². The predicted molar refractivity (Wildman–Crippen MR) is 93.7 cm³/mol. The van der Waals surface area contributed by atoms with Gasteiger partial charge in [-0.2, -0.15) is 5.26 Å². The van der Waals surface area contributed by atoms with E-state index in [1.165, 1.54) is 18.2 Å². The first-order chi connectivity index (χ1) is 11.5. The molecule has 2 aromatic carbocycles. The van der Waals surface area contributed by atoms with Crippen molar-refractivity contribution in [3.63, 3.8) is 0 Å². The number of halogens is 1. The fourth-order valence-electron chi connectivity index (χ4n) is 2.71. The van der Waals surface area contributed by atoms with Crippen molar-refractivity contribution in [2.75, 3.05) is 14.2 Å². The molecule has 0 aromatic heterocycles. The Bertz CT molecular complexity index is 787. The van der Waals surface area contributed by atoms with Crippen LogP contribution in [0.15, 0.2) is 36.4 Å². The number of hydrogen-bond acceptors (Lipinski definition) is 3. The van der Waals surface area contributed by atoms with Crippen LogP contribution in [0, 0.1) is 17.1 Å². The van der Waals surface area contributed by atoms with E-state index in [1.807, 2.05) is 12.1 Å². The van der Waals surface area contributed by atoms with Gasteiger partial charge in [0.2, 0.25) is 0 Å². The van der Waals surface area contributed by atoms with Gasteiger partial charge in [0, 0.05) is 11.6 Å². The fraction of sp³-hybridized carbons (Fsp3) is 0.250. The summed E-state index contributed by atoms with van der Waals surface area (Å²) < 4.78 is 24.4. The van der Waals surface area contributed by atoms with E-state index in [2.05, 4.69) is 13.8 Å². The summed E-state index contributed by atoms with van der Waals surface area (Å²) >= 11 is 0. The van der Waals surface area contributed by atoms with Crippen molar-refractivity contribution < 1.29 is 13.9 Å². The zero-order chi connectivity index (χ0) is 17.7. The van der Waals surface area contributed by atoms with Gasteiger partial charge < -0.3 is 9.47 Å².